The van der Waals surface area contributed by atoms with Crippen molar-refractivity contribution in [3.8, 4) is 6.01 Å². The number of hydrazine groups is 1. The van der Waals surface area contributed by atoms with Crippen molar-refractivity contribution >= 4 is 28.6 Å². The molecule has 29 heavy (non-hydrogen) atoms. The van der Waals surface area contributed by atoms with Crippen molar-refractivity contribution < 1.29 is 28.8 Å². The maximum Gasteiger partial charge on any atom is 0.296 e. The van der Waals surface area contributed by atoms with Crippen molar-refractivity contribution in [3.63, 3.8) is 0 Å². The number of aliphatic hydroxyl groups excluding tert-OH is 1. The molecule has 0 spiro atoms. The molecule has 3 fully saturated rings. The van der Waals surface area contributed by atoms with Gasteiger partial charge in [0, 0.05) is 0 Å². The van der Waals surface area contributed by atoms with Gasteiger partial charge in [-0.1, -0.05) is 11.6 Å². The lowest BCUT2D eigenvalue weighted by atomic mass is 10.1. The first-order chi connectivity index (χ1) is 14.1. The summed E-state index contributed by atoms with van der Waals surface area (Å²) in [5.41, 5.74) is 1.03. The van der Waals surface area contributed by atoms with E-state index in [9.17, 15) is 5.11 Å². The van der Waals surface area contributed by atoms with Gasteiger partial charge in [-0.25, -0.2) is 10.8 Å². The molecule has 5 heterocycles. The van der Waals surface area contributed by atoms with Crippen molar-refractivity contribution in [3.05, 3.63) is 11.1 Å². The maximum atomic E-state index is 9.84. The van der Waals surface area contributed by atoms with Crippen molar-refractivity contribution in [1.82, 2.24) is 15.0 Å². The summed E-state index contributed by atoms with van der Waals surface area (Å²) in [4.78, 5) is 11.9. The number of aromatic amines is 1. The number of H-pyrrole nitrogens is 1. The molecule has 5 atom stereocenters. The van der Waals surface area contributed by atoms with Gasteiger partial charge in [-0.2, -0.15) is 4.98 Å². The Morgan fingerprint density at radius 3 is 2.90 bits per heavy atom. The third kappa shape index (κ3) is 3.75. The van der Waals surface area contributed by atoms with Gasteiger partial charge in [0.05, 0.1) is 56.2 Å². The summed E-state index contributed by atoms with van der Waals surface area (Å²) in [6.45, 7) is 2.51. The van der Waals surface area contributed by atoms with Crippen LogP contribution in [-0.2, 0) is 18.9 Å². The fourth-order valence-electron chi connectivity index (χ4n) is 3.78. The van der Waals surface area contributed by atoms with Crippen LogP contribution >= 0.6 is 11.6 Å². The van der Waals surface area contributed by atoms with Gasteiger partial charge in [-0.3, -0.25) is 5.01 Å². The van der Waals surface area contributed by atoms with Crippen LogP contribution in [0.5, 0.6) is 6.01 Å². The molecular weight excluding hydrogens is 406 g/mol. The number of fused-ring (bicyclic) bond motifs is 2. The van der Waals surface area contributed by atoms with E-state index in [2.05, 4.69) is 15.0 Å². The molecule has 0 aromatic carbocycles. The highest BCUT2D eigenvalue weighted by Crippen LogP contribution is 2.31. The van der Waals surface area contributed by atoms with E-state index in [1.807, 2.05) is 0 Å². The number of nitrogens with one attached hydrogen (secondary N) is 1. The summed E-state index contributed by atoms with van der Waals surface area (Å²) >= 11 is 6.37. The van der Waals surface area contributed by atoms with E-state index < -0.39 is 6.10 Å². The molecule has 3 saturated heterocycles. The normalized spacial score (nSPS) is 31.9. The second kappa shape index (κ2) is 7.84. The standard InChI is InChI=1S/C17H22ClN5O6/c18-9-3-10-15(21-16(9)23(19)4-8-5-25-1-2-26-8)22-17(20-10)29-12-7-28-13-11(24)6-27-14(12)13/h3,8,11-14,24H,1-2,4-7,19H2,(H,20,21,22)/t8?,11-,12-,13-,14-/m1/s1. The highest BCUT2D eigenvalue weighted by atomic mass is 35.5. The van der Waals surface area contributed by atoms with Gasteiger partial charge in [0.15, 0.2) is 17.6 Å². The number of hydrogen-bond donors (Lipinski definition) is 3. The van der Waals surface area contributed by atoms with Crippen LogP contribution in [-0.4, -0.2) is 90.2 Å². The van der Waals surface area contributed by atoms with Crippen LogP contribution < -0.4 is 15.6 Å². The highest BCUT2D eigenvalue weighted by molar-refractivity contribution is 6.33. The molecule has 0 bridgehead atoms. The van der Waals surface area contributed by atoms with E-state index in [-0.39, 0.29) is 37.0 Å². The zero-order valence-electron chi connectivity index (χ0n) is 15.5. The second-order valence-corrected chi connectivity index (χ2v) is 7.65. The van der Waals surface area contributed by atoms with E-state index >= 15 is 0 Å². The summed E-state index contributed by atoms with van der Waals surface area (Å²) < 4.78 is 28.0. The number of aromatic nitrogens is 3. The van der Waals surface area contributed by atoms with Crippen molar-refractivity contribution in [2.75, 3.05) is 44.6 Å². The van der Waals surface area contributed by atoms with Crippen LogP contribution in [0.25, 0.3) is 11.2 Å². The molecule has 3 aliphatic heterocycles. The zero-order chi connectivity index (χ0) is 20.0. The van der Waals surface area contributed by atoms with Gasteiger partial charge in [-0.15, -0.1) is 0 Å². The smallest absolute Gasteiger partial charge is 0.296 e. The van der Waals surface area contributed by atoms with Gasteiger partial charge < -0.3 is 33.8 Å². The highest BCUT2D eigenvalue weighted by Gasteiger charge is 2.48. The predicted octanol–water partition coefficient (Wildman–Crippen LogP) is -0.387. The van der Waals surface area contributed by atoms with E-state index in [1.54, 1.807) is 6.07 Å². The number of ether oxygens (including phenoxy) is 5. The van der Waals surface area contributed by atoms with Gasteiger partial charge in [-0.05, 0) is 6.07 Å². The molecule has 158 valence electrons. The van der Waals surface area contributed by atoms with Crippen LogP contribution in [0.15, 0.2) is 6.07 Å². The van der Waals surface area contributed by atoms with Gasteiger partial charge in [0.1, 0.15) is 18.3 Å². The zero-order valence-corrected chi connectivity index (χ0v) is 16.2. The summed E-state index contributed by atoms with van der Waals surface area (Å²) in [6.07, 6.45) is -1.87. The van der Waals surface area contributed by atoms with E-state index in [0.717, 1.165) is 0 Å². The van der Waals surface area contributed by atoms with E-state index in [0.29, 0.717) is 55.0 Å². The molecule has 2 aromatic heterocycles. The molecule has 0 radical (unpaired) electrons. The maximum absolute atomic E-state index is 9.84. The van der Waals surface area contributed by atoms with Crippen molar-refractivity contribution in [2.45, 2.75) is 30.5 Å². The molecule has 4 N–H and O–H groups in total. The van der Waals surface area contributed by atoms with Gasteiger partial charge >= 0.3 is 0 Å². The average Bonchev–Trinajstić information content (AvgIpc) is 3.39. The number of anilines is 1. The molecule has 5 rings (SSSR count). The number of pyridine rings is 1. The van der Waals surface area contributed by atoms with E-state index in [4.69, 9.17) is 41.1 Å². The minimum absolute atomic E-state index is 0.155. The van der Waals surface area contributed by atoms with Crippen molar-refractivity contribution in [1.29, 1.82) is 0 Å². The molecular formula is C17H22ClN5O6. The molecule has 12 heteroatoms. The van der Waals surface area contributed by atoms with Crippen LogP contribution in [0, 0.1) is 0 Å². The molecule has 0 amide bonds. The quantitative estimate of drug-likeness (QED) is 0.427. The average molecular weight is 428 g/mol. The monoisotopic (exact) mass is 427 g/mol. The molecule has 1 unspecified atom stereocenters. The summed E-state index contributed by atoms with van der Waals surface area (Å²) in [5.74, 6) is 6.54. The van der Waals surface area contributed by atoms with Crippen LogP contribution in [0.3, 0.4) is 0 Å². The predicted molar refractivity (Wildman–Crippen MR) is 101 cm³/mol. The summed E-state index contributed by atoms with van der Waals surface area (Å²) in [7, 11) is 0. The number of rotatable bonds is 5. The van der Waals surface area contributed by atoms with Crippen LogP contribution in [0.1, 0.15) is 0 Å². The Morgan fingerprint density at radius 1 is 1.21 bits per heavy atom. The Morgan fingerprint density at radius 2 is 2.07 bits per heavy atom. The Kier molecular flexibility index (Phi) is 5.20. The molecule has 3 aliphatic rings. The lowest BCUT2D eigenvalue weighted by Gasteiger charge is -2.27. The number of imidazole rings is 1. The lowest BCUT2D eigenvalue weighted by Crippen LogP contribution is -2.44. The topological polar surface area (TPSA) is 137 Å². The molecule has 0 aliphatic carbocycles. The minimum atomic E-state index is -0.638. The Labute approximate surface area is 170 Å². The number of nitrogens with two attached hydrogens (primary N) is 1. The third-order valence-electron chi connectivity index (χ3n) is 5.19. The second-order valence-electron chi connectivity index (χ2n) is 7.25. The molecule has 2 aromatic rings. The fourth-order valence-corrected chi connectivity index (χ4v) is 4.04. The number of nitrogens with zero attached hydrogens (tertiary/aromatic N) is 3. The Hall–Kier alpha value is -1.73. The molecule has 0 saturated carbocycles. The summed E-state index contributed by atoms with van der Waals surface area (Å²) in [5, 5.41) is 11.6. The first-order valence-corrected chi connectivity index (χ1v) is 9.82. The largest absolute Gasteiger partial charge is 0.456 e. The lowest BCUT2D eigenvalue weighted by molar-refractivity contribution is -0.0840. The fraction of sp³-hybridized carbons (Fsp3) is 0.647. The van der Waals surface area contributed by atoms with Crippen LogP contribution in [0.2, 0.25) is 5.02 Å². The van der Waals surface area contributed by atoms with Crippen LogP contribution in [0.4, 0.5) is 5.82 Å². The molecule has 11 nitrogen and oxygen atoms in total. The first kappa shape index (κ1) is 19.2. The van der Waals surface area contributed by atoms with E-state index in [1.165, 1.54) is 5.01 Å². The first-order valence-electron chi connectivity index (χ1n) is 9.44. The third-order valence-corrected chi connectivity index (χ3v) is 5.47. The van der Waals surface area contributed by atoms with Crippen molar-refractivity contribution in [2.24, 2.45) is 5.84 Å². The SMILES string of the molecule is NN(CC1COCCO1)c1nc2nc(O[C@@H]3CO[C@H]4[C@@H]3OC[C@H]4O)[nH]c2cc1Cl. The Bertz CT molecular complexity index is 877. The summed E-state index contributed by atoms with van der Waals surface area (Å²) in [6, 6.07) is 1.97. The minimum Gasteiger partial charge on any atom is -0.456 e. The Balaban J connectivity index is 1.31. The number of aliphatic hydroxyl groups is 1. The van der Waals surface area contributed by atoms with Gasteiger partial charge in [0.2, 0.25) is 0 Å². The number of hydrogen-bond acceptors (Lipinski definition) is 10. The van der Waals surface area contributed by atoms with Gasteiger partial charge in [0.25, 0.3) is 6.01 Å². The number of halogens is 1.